The van der Waals surface area contributed by atoms with Gasteiger partial charge in [0.25, 0.3) is 0 Å². The zero-order valence-electron chi connectivity index (χ0n) is 5.99. The van der Waals surface area contributed by atoms with Crippen LogP contribution in [-0.4, -0.2) is 25.3 Å². The van der Waals surface area contributed by atoms with Crippen LogP contribution >= 0.6 is 0 Å². The van der Waals surface area contributed by atoms with E-state index in [-0.39, 0.29) is 0 Å². The summed E-state index contributed by atoms with van der Waals surface area (Å²) in [4.78, 5) is 0. The van der Waals surface area contributed by atoms with Crippen LogP contribution < -0.4 is 11.5 Å². The maximum absolute atomic E-state index is 12.5. The molecule has 0 spiro atoms. The lowest BCUT2D eigenvalue weighted by atomic mass is 9.81. The molecule has 1 aliphatic rings. The molecular formula is C5H8F4N2O. The first kappa shape index (κ1) is 9.69. The minimum absolute atomic E-state index is 0.819. The summed E-state index contributed by atoms with van der Waals surface area (Å²) in [6.45, 7) is -1.64. The number of ether oxygens (including phenoxy) is 1. The topological polar surface area (TPSA) is 61.3 Å². The van der Waals surface area contributed by atoms with Gasteiger partial charge in [0.2, 0.25) is 0 Å². The molecule has 0 aliphatic carbocycles. The summed E-state index contributed by atoms with van der Waals surface area (Å²) in [5.41, 5.74) is 5.84. The highest BCUT2D eigenvalue weighted by atomic mass is 19.3. The highest BCUT2D eigenvalue weighted by Crippen LogP contribution is 2.48. The molecule has 0 aromatic heterocycles. The summed E-state index contributed by atoms with van der Waals surface area (Å²) in [7, 11) is 0. The third-order valence-corrected chi connectivity index (χ3v) is 1.97. The van der Waals surface area contributed by atoms with E-state index in [0.29, 0.717) is 0 Å². The Balaban J connectivity index is 2.92. The van der Waals surface area contributed by atoms with Crippen molar-refractivity contribution in [2.45, 2.75) is 12.1 Å². The Hall–Kier alpha value is -0.400. The summed E-state index contributed by atoms with van der Waals surface area (Å²) in [6, 6.07) is -8.05. The molecule has 1 heterocycles. The molecule has 1 fully saturated rings. The lowest BCUT2D eigenvalue weighted by Gasteiger charge is -2.47. The van der Waals surface area contributed by atoms with Crippen LogP contribution in [0.15, 0.2) is 0 Å². The van der Waals surface area contributed by atoms with Gasteiger partial charge in [0.15, 0.2) is 5.41 Å². The van der Waals surface area contributed by atoms with E-state index in [1.54, 1.807) is 0 Å². The Morgan fingerprint density at radius 3 is 1.33 bits per heavy atom. The van der Waals surface area contributed by atoms with Gasteiger partial charge in [-0.25, -0.2) is 0 Å². The molecule has 0 amide bonds. The van der Waals surface area contributed by atoms with E-state index in [4.69, 9.17) is 0 Å². The molecule has 3 nitrogen and oxygen atoms in total. The fraction of sp³-hybridized carbons (Fsp3) is 1.00. The molecule has 0 aromatic rings. The van der Waals surface area contributed by atoms with E-state index in [0.717, 1.165) is 0 Å². The second-order valence-corrected chi connectivity index (χ2v) is 2.82. The fourth-order valence-electron chi connectivity index (χ4n) is 0.913. The van der Waals surface area contributed by atoms with Crippen molar-refractivity contribution in [2.24, 2.45) is 16.9 Å². The van der Waals surface area contributed by atoms with Gasteiger partial charge in [-0.15, -0.1) is 0 Å². The van der Waals surface area contributed by atoms with Crippen molar-refractivity contribution < 1.29 is 22.3 Å². The van der Waals surface area contributed by atoms with E-state index in [1.165, 1.54) is 0 Å². The quantitative estimate of drug-likeness (QED) is 0.477. The van der Waals surface area contributed by atoms with Gasteiger partial charge in [0.1, 0.15) is 0 Å². The van der Waals surface area contributed by atoms with E-state index in [1.807, 2.05) is 0 Å². The van der Waals surface area contributed by atoms with Crippen LogP contribution in [0, 0.1) is 5.41 Å². The Labute approximate surface area is 65.6 Å². The van der Waals surface area contributed by atoms with Crippen LogP contribution in [0.5, 0.6) is 0 Å². The maximum atomic E-state index is 12.5. The van der Waals surface area contributed by atoms with Crippen LogP contribution in [0.3, 0.4) is 0 Å². The van der Waals surface area contributed by atoms with Crippen molar-refractivity contribution in [1.82, 2.24) is 0 Å². The van der Waals surface area contributed by atoms with E-state index in [2.05, 4.69) is 16.2 Å². The lowest BCUT2D eigenvalue weighted by Crippen LogP contribution is -2.71. The molecule has 1 aliphatic heterocycles. The average Bonchev–Trinajstić information content (AvgIpc) is 1.47. The first-order valence-corrected chi connectivity index (χ1v) is 3.12. The molecule has 72 valence electrons. The normalized spacial score (nSPS) is 23.5. The van der Waals surface area contributed by atoms with Crippen molar-refractivity contribution in [3.8, 4) is 0 Å². The van der Waals surface area contributed by atoms with Crippen LogP contribution in [0.1, 0.15) is 0 Å². The molecule has 12 heavy (non-hydrogen) atoms. The summed E-state index contributed by atoms with van der Waals surface area (Å²) < 4.78 is 54.1. The number of hydrogen-bond donors (Lipinski definition) is 2. The molecule has 0 saturated carbocycles. The van der Waals surface area contributed by atoms with Crippen molar-refractivity contribution >= 4 is 0 Å². The summed E-state index contributed by atoms with van der Waals surface area (Å²) in [6.07, 6.45) is 0. The molecule has 0 unspecified atom stereocenters. The first-order valence-electron chi connectivity index (χ1n) is 3.12. The predicted molar refractivity (Wildman–Crippen MR) is 31.5 cm³/mol. The highest BCUT2D eigenvalue weighted by Gasteiger charge is 2.69. The predicted octanol–water partition coefficient (Wildman–Crippen LogP) is 0.106. The Bertz CT molecular complexity index is 165. The van der Waals surface area contributed by atoms with E-state index >= 15 is 0 Å². The average molecular weight is 188 g/mol. The van der Waals surface area contributed by atoms with Gasteiger partial charge in [-0.1, -0.05) is 0 Å². The number of alkyl halides is 4. The van der Waals surface area contributed by atoms with Gasteiger partial charge >= 0.3 is 12.1 Å². The maximum Gasteiger partial charge on any atom is 0.317 e. The van der Waals surface area contributed by atoms with Gasteiger partial charge in [-0.05, 0) is 0 Å². The first-order chi connectivity index (χ1) is 5.21. The van der Waals surface area contributed by atoms with Crippen molar-refractivity contribution in [1.29, 1.82) is 0 Å². The van der Waals surface area contributed by atoms with Gasteiger partial charge in [-0.3, -0.25) is 11.5 Å². The van der Waals surface area contributed by atoms with Gasteiger partial charge in [0.05, 0.1) is 13.2 Å². The monoisotopic (exact) mass is 188 g/mol. The summed E-state index contributed by atoms with van der Waals surface area (Å²) in [5, 5.41) is 0. The highest BCUT2D eigenvalue weighted by molar-refractivity contribution is 5.01. The molecule has 1 rings (SSSR count). The molecule has 0 radical (unpaired) electrons. The van der Waals surface area contributed by atoms with Gasteiger partial charge in [0, 0.05) is 0 Å². The SMILES string of the molecule is NC(F)(F)C1(C(N)(F)F)COC1. The molecular weight excluding hydrogens is 180 g/mol. The molecule has 7 heteroatoms. The minimum Gasteiger partial charge on any atom is -0.379 e. The number of halogens is 4. The molecule has 4 N–H and O–H groups in total. The van der Waals surface area contributed by atoms with Crippen LogP contribution in [0.25, 0.3) is 0 Å². The van der Waals surface area contributed by atoms with Crippen molar-refractivity contribution in [3.63, 3.8) is 0 Å². The molecule has 1 saturated heterocycles. The third-order valence-electron chi connectivity index (χ3n) is 1.97. The Morgan fingerprint density at radius 1 is 1.00 bits per heavy atom. The van der Waals surface area contributed by atoms with Crippen LogP contribution in [0.2, 0.25) is 0 Å². The second kappa shape index (κ2) is 2.30. The number of nitrogens with two attached hydrogens (primary N) is 2. The zero-order valence-corrected chi connectivity index (χ0v) is 5.99. The second-order valence-electron chi connectivity index (χ2n) is 2.82. The van der Waals surface area contributed by atoms with E-state index in [9.17, 15) is 17.6 Å². The molecule has 0 bridgehead atoms. The van der Waals surface area contributed by atoms with Crippen LogP contribution in [0.4, 0.5) is 17.6 Å². The molecule has 0 aromatic carbocycles. The van der Waals surface area contributed by atoms with E-state index < -0.39 is 30.7 Å². The largest absolute Gasteiger partial charge is 0.379 e. The zero-order chi connectivity index (χ0) is 9.62. The smallest absolute Gasteiger partial charge is 0.317 e. The van der Waals surface area contributed by atoms with Gasteiger partial charge in [-0.2, -0.15) is 17.6 Å². The standard InChI is InChI=1S/C5H8F4N2O/c6-4(7,10)3(1-12-2-3)5(8,9)11/h1-2,10-11H2. The Morgan fingerprint density at radius 2 is 1.33 bits per heavy atom. The number of rotatable bonds is 2. The fourth-order valence-corrected chi connectivity index (χ4v) is 0.913. The van der Waals surface area contributed by atoms with Crippen molar-refractivity contribution in [2.75, 3.05) is 13.2 Å². The third kappa shape index (κ3) is 1.08. The summed E-state index contributed by atoms with van der Waals surface area (Å²) in [5.74, 6) is 0. The van der Waals surface area contributed by atoms with Crippen LogP contribution in [-0.2, 0) is 4.74 Å². The number of hydrogen-bond acceptors (Lipinski definition) is 3. The Kier molecular flexibility index (Phi) is 1.86. The van der Waals surface area contributed by atoms with Crippen molar-refractivity contribution in [3.05, 3.63) is 0 Å². The lowest BCUT2D eigenvalue weighted by molar-refractivity contribution is -0.326. The minimum atomic E-state index is -4.02. The molecule has 0 atom stereocenters. The van der Waals surface area contributed by atoms with Gasteiger partial charge < -0.3 is 4.74 Å². The summed E-state index contributed by atoms with van der Waals surface area (Å²) >= 11 is 0.